The van der Waals surface area contributed by atoms with E-state index in [0.29, 0.717) is 0 Å². The fraction of sp³-hybridized carbons (Fsp3) is 0.556. The maximum Gasteiger partial charge on any atom is 0.243 e. The molecule has 0 unspecified atom stereocenters. The Morgan fingerprint density at radius 2 is 1.96 bits per heavy atom. The van der Waals surface area contributed by atoms with Gasteiger partial charge in [0.1, 0.15) is 6.04 Å². The number of carbonyl (C=O) groups excluding carboxylic acids is 2. The fourth-order valence-electron chi connectivity index (χ4n) is 2.98. The van der Waals surface area contributed by atoms with Gasteiger partial charge in [0.05, 0.1) is 0 Å². The number of likely N-dealkylation sites (tertiary alicyclic amines) is 1. The van der Waals surface area contributed by atoms with Crippen molar-refractivity contribution in [2.45, 2.75) is 45.8 Å². The summed E-state index contributed by atoms with van der Waals surface area (Å²) in [7, 11) is 0. The molecule has 2 atom stereocenters. The van der Waals surface area contributed by atoms with E-state index < -0.39 is 6.04 Å². The van der Waals surface area contributed by atoms with Crippen LogP contribution in [0.5, 0.6) is 0 Å². The van der Waals surface area contributed by atoms with E-state index in [1.54, 1.807) is 0 Å². The number of nitrogens with one attached hydrogen (secondary N) is 2. The Hall–Kier alpha value is -1.88. The van der Waals surface area contributed by atoms with Gasteiger partial charge in [-0.15, -0.1) is 0 Å². The first-order valence-corrected chi connectivity index (χ1v) is 8.29. The summed E-state index contributed by atoms with van der Waals surface area (Å²) >= 11 is 0. The third-order valence-corrected chi connectivity index (χ3v) is 4.18. The molecule has 0 aliphatic carbocycles. The molecule has 1 heterocycles. The number of carbonyl (C=O) groups is 2. The Morgan fingerprint density at radius 1 is 1.26 bits per heavy atom. The number of benzene rings is 1. The van der Waals surface area contributed by atoms with Crippen molar-refractivity contribution < 1.29 is 9.59 Å². The first-order chi connectivity index (χ1) is 11.0. The molecule has 1 saturated heterocycles. The summed E-state index contributed by atoms with van der Waals surface area (Å²) in [5.74, 6) is -0.182. The van der Waals surface area contributed by atoms with Crippen LogP contribution in [0.1, 0.15) is 32.8 Å². The van der Waals surface area contributed by atoms with Crippen LogP contribution in [0.3, 0.4) is 0 Å². The normalized spacial score (nSPS) is 19.6. The molecule has 0 aromatic heterocycles. The van der Waals surface area contributed by atoms with Gasteiger partial charge in [-0.25, -0.2) is 0 Å². The zero-order valence-electron chi connectivity index (χ0n) is 14.2. The monoisotopic (exact) mass is 317 g/mol. The van der Waals surface area contributed by atoms with Crippen LogP contribution in [0.15, 0.2) is 30.3 Å². The minimum Gasteiger partial charge on any atom is -0.350 e. The van der Waals surface area contributed by atoms with E-state index in [1.165, 1.54) is 12.5 Å². The summed E-state index contributed by atoms with van der Waals surface area (Å²) in [6.45, 7) is 8.07. The van der Waals surface area contributed by atoms with Crippen LogP contribution >= 0.6 is 0 Å². The second-order valence-electron chi connectivity index (χ2n) is 6.64. The van der Waals surface area contributed by atoms with Crippen LogP contribution in [-0.2, 0) is 16.1 Å². The molecule has 5 heteroatoms. The Morgan fingerprint density at radius 3 is 2.57 bits per heavy atom. The lowest BCUT2D eigenvalue weighted by Crippen LogP contribution is -2.52. The van der Waals surface area contributed by atoms with Gasteiger partial charge in [-0.2, -0.15) is 0 Å². The zero-order valence-corrected chi connectivity index (χ0v) is 14.2. The predicted molar refractivity (Wildman–Crippen MR) is 90.7 cm³/mol. The van der Waals surface area contributed by atoms with Crippen molar-refractivity contribution >= 4 is 11.8 Å². The number of hydrogen-bond acceptors (Lipinski definition) is 3. The number of nitrogens with zero attached hydrogens (tertiary/aromatic N) is 1. The smallest absolute Gasteiger partial charge is 0.243 e. The SMILES string of the molecule is CC(=O)N[C@H](C(=O)N[C@@H]1CCN(Cc2ccccc2)C1)C(C)C. The van der Waals surface area contributed by atoms with Gasteiger partial charge in [0.25, 0.3) is 0 Å². The summed E-state index contributed by atoms with van der Waals surface area (Å²) in [6.07, 6.45) is 0.948. The lowest BCUT2D eigenvalue weighted by Gasteiger charge is -2.23. The highest BCUT2D eigenvalue weighted by Gasteiger charge is 2.28. The molecule has 1 aliphatic heterocycles. The lowest BCUT2D eigenvalue weighted by atomic mass is 10.0. The van der Waals surface area contributed by atoms with Crippen LogP contribution in [-0.4, -0.2) is 41.9 Å². The number of rotatable bonds is 6. The summed E-state index contributed by atoms with van der Waals surface area (Å²) in [5, 5.41) is 5.83. The van der Waals surface area contributed by atoms with E-state index in [4.69, 9.17) is 0 Å². The van der Waals surface area contributed by atoms with E-state index >= 15 is 0 Å². The van der Waals surface area contributed by atoms with E-state index in [2.05, 4.69) is 27.7 Å². The van der Waals surface area contributed by atoms with Gasteiger partial charge in [-0.1, -0.05) is 44.2 Å². The van der Waals surface area contributed by atoms with Crippen molar-refractivity contribution in [3.63, 3.8) is 0 Å². The molecule has 2 N–H and O–H groups in total. The first kappa shape index (κ1) is 17.5. The van der Waals surface area contributed by atoms with Gasteiger partial charge in [0.15, 0.2) is 0 Å². The molecule has 0 saturated carbocycles. The average Bonchev–Trinajstić information content (AvgIpc) is 2.92. The Labute approximate surface area is 138 Å². The maximum absolute atomic E-state index is 12.4. The standard InChI is InChI=1S/C18H27N3O2/c1-13(2)17(19-14(3)22)18(23)20-16-9-10-21(12-16)11-15-7-5-4-6-8-15/h4-8,13,16-17H,9-12H2,1-3H3,(H,19,22)(H,20,23)/t16-,17+/m1/s1. The molecule has 2 rings (SSSR count). The molecule has 1 aromatic carbocycles. The second-order valence-corrected chi connectivity index (χ2v) is 6.64. The Balaban J connectivity index is 1.84. The summed E-state index contributed by atoms with van der Waals surface area (Å²) in [4.78, 5) is 26.0. The van der Waals surface area contributed by atoms with Gasteiger partial charge < -0.3 is 10.6 Å². The van der Waals surface area contributed by atoms with E-state index in [-0.39, 0.29) is 23.8 Å². The molecule has 1 aliphatic rings. The summed E-state index contributed by atoms with van der Waals surface area (Å²) in [5.41, 5.74) is 1.29. The van der Waals surface area contributed by atoms with Crippen LogP contribution < -0.4 is 10.6 Å². The van der Waals surface area contributed by atoms with Crippen molar-refractivity contribution in [1.29, 1.82) is 0 Å². The molecule has 0 bridgehead atoms. The van der Waals surface area contributed by atoms with Gasteiger partial charge in [-0.3, -0.25) is 14.5 Å². The highest BCUT2D eigenvalue weighted by molar-refractivity contribution is 5.87. The van der Waals surface area contributed by atoms with Crippen LogP contribution in [0.2, 0.25) is 0 Å². The predicted octanol–water partition coefficient (Wildman–Crippen LogP) is 1.54. The first-order valence-electron chi connectivity index (χ1n) is 8.29. The quantitative estimate of drug-likeness (QED) is 0.836. The lowest BCUT2D eigenvalue weighted by molar-refractivity contribution is -0.129. The minimum atomic E-state index is -0.462. The largest absolute Gasteiger partial charge is 0.350 e. The molecule has 23 heavy (non-hydrogen) atoms. The zero-order chi connectivity index (χ0) is 16.8. The summed E-state index contributed by atoms with van der Waals surface area (Å²) < 4.78 is 0. The van der Waals surface area contributed by atoms with Crippen molar-refractivity contribution in [2.24, 2.45) is 5.92 Å². The third-order valence-electron chi connectivity index (χ3n) is 4.18. The molecule has 0 radical (unpaired) electrons. The molecular formula is C18H27N3O2. The topological polar surface area (TPSA) is 61.4 Å². The second kappa shape index (κ2) is 8.11. The molecule has 2 amide bonds. The molecule has 126 valence electrons. The van der Waals surface area contributed by atoms with Gasteiger partial charge >= 0.3 is 0 Å². The van der Waals surface area contributed by atoms with Crippen molar-refractivity contribution in [1.82, 2.24) is 15.5 Å². The van der Waals surface area contributed by atoms with Crippen molar-refractivity contribution in [2.75, 3.05) is 13.1 Å². The summed E-state index contributed by atoms with van der Waals surface area (Å²) in [6, 6.07) is 10.0. The third kappa shape index (κ3) is 5.36. The van der Waals surface area contributed by atoms with E-state index in [1.807, 2.05) is 32.0 Å². The van der Waals surface area contributed by atoms with Crippen LogP contribution in [0.25, 0.3) is 0 Å². The van der Waals surface area contributed by atoms with E-state index in [0.717, 1.165) is 26.1 Å². The molecule has 5 nitrogen and oxygen atoms in total. The molecular weight excluding hydrogens is 290 g/mol. The van der Waals surface area contributed by atoms with Crippen LogP contribution in [0, 0.1) is 5.92 Å². The molecule has 1 aromatic rings. The number of amides is 2. The Kier molecular flexibility index (Phi) is 6.16. The van der Waals surface area contributed by atoms with Crippen LogP contribution in [0.4, 0.5) is 0 Å². The van der Waals surface area contributed by atoms with Crippen molar-refractivity contribution in [3.8, 4) is 0 Å². The van der Waals surface area contributed by atoms with Gasteiger partial charge in [0.2, 0.25) is 11.8 Å². The fourth-order valence-corrected chi connectivity index (χ4v) is 2.98. The van der Waals surface area contributed by atoms with Crippen molar-refractivity contribution in [3.05, 3.63) is 35.9 Å². The highest BCUT2D eigenvalue weighted by atomic mass is 16.2. The highest BCUT2D eigenvalue weighted by Crippen LogP contribution is 2.14. The molecule has 1 fully saturated rings. The Bertz CT molecular complexity index is 530. The maximum atomic E-state index is 12.4. The minimum absolute atomic E-state index is 0.0701. The van der Waals surface area contributed by atoms with E-state index in [9.17, 15) is 9.59 Å². The van der Waals surface area contributed by atoms with Gasteiger partial charge in [-0.05, 0) is 17.9 Å². The molecule has 0 spiro atoms. The number of hydrogen-bond donors (Lipinski definition) is 2. The van der Waals surface area contributed by atoms with Gasteiger partial charge in [0, 0.05) is 32.6 Å². The average molecular weight is 317 g/mol.